The van der Waals surface area contributed by atoms with Gasteiger partial charge in [-0.25, -0.2) is 0 Å². The summed E-state index contributed by atoms with van der Waals surface area (Å²) >= 11 is 0. The van der Waals surface area contributed by atoms with Gasteiger partial charge in [-0.1, -0.05) is 36.3 Å². The second kappa shape index (κ2) is 6.33. The molecule has 1 saturated heterocycles. The summed E-state index contributed by atoms with van der Waals surface area (Å²) in [6.45, 7) is 9.56. The van der Waals surface area contributed by atoms with E-state index in [0.717, 1.165) is 25.9 Å². The standard InChI is InChI=1S/C20H30O2/c1-12(2)6-5-7-13(3)16-9-8-15-11-22-17-10-14(4)18(19(15)17)20(16)21/h6,8,10,13,16-21H,5,7,9,11H2,1-4H3. The minimum absolute atomic E-state index is 0.214. The molecule has 1 fully saturated rings. The molecule has 3 aliphatic rings. The van der Waals surface area contributed by atoms with Crippen molar-refractivity contribution in [2.24, 2.45) is 23.7 Å². The quantitative estimate of drug-likeness (QED) is 0.786. The lowest BCUT2D eigenvalue weighted by molar-refractivity contribution is 0.0197. The fourth-order valence-electron chi connectivity index (χ4n) is 4.63. The highest BCUT2D eigenvalue weighted by atomic mass is 16.5. The number of aliphatic hydroxyl groups is 1. The average molecular weight is 302 g/mol. The van der Waals surface area contributed by atoms with Crippen molar-refractivity contribution in [3.63, 3.8) is 0 Å². The summed E-state index contributed by atoms with van der Waals surface area (Å²) < 4.78 is 5.89. The lowest BCUT2D eigenvalue weighted by Crippen LogP contribution is -2.36. The molecule has 6 atom stereocenters. The Labute approximate surface area is 134 Å². The third-order valence-corrected chi connectivity index (χ3v) is 5.93. The SMILES string of the molecule is CC(C)=CCCC(C)C1CC=C2COC3C=C(C)C(C1O)C23. The molecular formula is C20H30O2. The van der Waals surface area contributed by atoms with E-state index in [9.17, 15) is 5.11 Å². The molecule has 1 aliphatic heterocycles. The van der Waals surface area contributed by atoms with Gasteiger partial charge < -0.3 is 9.84 Å². The van der Waals surface area contributed by atoms with Crippen LogP contribution >= 0.6 is 0 Å². The Morgan fingerprint density at radius 3 is 2.91 bits per heavy atom. The molecular weight excluding hydrogens is 272 g/mol. The summed E-state index contributed by atoms with van der Waals surface area (Å²) in [7, 11) is 0. The van der Waals surface area contributed by atoms with Crippen molar-refractivity contribution in [1.82, 2.24) is 0 Å². The van der Waals surface area contributed by atoms with Crippen molar-refractivity contribution in [2.45, 2.75) is 59.2 Å². The topological polar surface area (TPSA) is 29.5 Å². The second-order valence-corrected chi connectivity index (χ2v) is 7.74. The van der Waals surface area contributed by atoms with E-state index in [0.29, 0.717) is 17.8 Å². The summed E-state index contributed by atoms with van der Waals surface area (Å²) in [6, 6.07) is 0. The minimum Gasteiger partial charge on any atom is -0.392 e. The van der Waals surface area contributed by atoms with Crippen LogP contribution in [0.15, 0.2) is 34.9 Å². The van der Waals surface area contributed by atoms with E-state index in [4.69, 9.17) is 4.74 Å². The van der Waals surface area contributed by atoms with Crippen molar-refractivity contribution < 1.29 is 9.84 Å². The summed E-state index contributed by atoms with van der Waals surface area (Å²) in [5.41, 5.74) is 4.15. The van der Waals surface area contributed by atoms with Gasteiger partial charge in [-0.2, -0.15) is 0 Å². The molecule has 2 nitrogen and oxygen atoms in total. The molecule has 0 aromatic carbocycles. The Balaban J connectivity index is 1.75. The van der Waals surface area contributed by atoms with E-state index in [2.05, 4.69) is 45.9 Å². The van der Waals surface area contributed by atoms with Crippen molar-refractivity contribution in [3.8, 4) is 0 Å². The molecule has 2 aliphatic carbocycles. The van der Waals surface area contributed by atoms with Crippen molar-refractivity contribution in [2.75, 3.05) is 6.61 Å². The van der Waals surface area contributed by atoms with E-state index in [1.54, 1.807) is 0 Å². The number of rotatable bonds is 4. The van der Waals surface area contributed by atoms with Gasteiger partial charge in [-0.05, 0) is 57.4 Å². The largest absolute Gasteiger partial charge is 0.392 e. The third kappa shape index (κ3) is 2.83. The van der Waals surface area contributed by atoms with Crippen LogP contribution < -0.4 is 0 Å². The Morgan fingerprint density at radius 2 is 2.18 bits per heavy atom. The number of allylic oxidation sites excluding steroid dienone is 3. The Morgan fingerprint density at radius 1 is 1.41 bits per heavy atom. The summed E-state index contributed by atoms with van der Waals surface area (Å²) in [4.78, 5) is 0. The third-order valence-electron chi connectivity index (χ3n) is 5.93. The van der Waals surface area contributed by atoms with Gasteiger partial charge in [0.15, 0.2) is 0 Å². The normalized spacial score (nSPS) is 38.0. The van der Waals surface area contributed by atoms with Crippen molar-refractivity contribution in [3.05, 3.63) is 34.9 Å². The summed E-state index contributed by atoms with van der Waals surface area (Å²) in [5, 5.41) is 11.1. The maximum atomic E-state index is 11.1. The molecule has 0 aromatic heterocycles. The van der Waals surface area contributed by atoms with Crippen LogP contribution in [0.1, 0.15) is 47.0 Å². The zero-order chi connectivity index (χ0) is 15.9. The average Bonchev–Trinajstić information content (AvgIpc) is 2.91. The maximum absolute atomic E-state index is 11.1. The van der Waals surface area contributed by atoms with Crippen LogP contribution in [-0.2, 0) is 4.74 Å². The van der Waals surface area contributed by atoms with E-state index in [1.807, 2.05) is 0 Å². The molecule has 3 rings (SSSR count). The predicted octanol–water partition coefficient (Wildman–Crippen LogP) is 4.27. The van der Waals surface area contributed by atoms with Crippen LogP contribution in [0.4, 0.5) is 0 Å². The van der Waals surface area contributed by atoms with E-state index < -0.39 is 0 Å². The first kappa shape index (κ1) is 16.0. The molecule has 0 radical (unpaired) electrons. The number of ether oxygens (including phenoxy) is 1. The zero-order valence-electron chi connectivity index (χ0n) is 14.4. The second-order valence-electron chi connectivity index (χ2n) is 7.74. The molecule has 122 valence electrons. The van der Waals surface area contributed by atoms with Gasteiger partial charge in [0.25, 0.3) is 0 Å². The summed E-state index contributed by atoms with van der Waals surface area (Å²) in [5.74, 6) is 1.60. The fourth-order valence-corrected chi connectivity index (χ4v) is 4.63. The molecule has 22 heavy (non-hydrogen) atoms. The fraction of sp³-hybridized carbons (Fsp3) is 0.700. The first-order chi connectivity index (χ1) is 10.5. The van der Waals surface area contributed by atoms with E-state index in [1.165, 1.54) is 16.7 Å². The molecule has 0 amide bonds. The summed E-state index contributed by atoms with van der Waals surface area (Å²) in [6.07, 6.45) is 10.2. The molecule has 0 saturated carbocycles. The molecule has 0 aromatic rings. The highest BCUT2D eigenvalue weighted by Crippen LogP contribution is 2.49. The lowest BCUT2D eigenvalue weighted by Gasteiger charge is -2.33. The Hall–Kier alpha value is -0.860. The van der Waals surface area contributed by atoms with Gasteiger partial charge in [-0.3, -0.25) is 0 Å². The molecule has 1 heterocycles. The molecule has 6 unspecified atom stereocenters. The first-order valence-electron chi connectivity index (χ1n) is 8.79. The van der Waals surface area contributed by atoms with E-state index >= 15 is 0 Å². The highest BCUT2D eigenvalue weighted by molar-refractivity contribution is 5.33. The van der Waals surface area contributed by atoms with Crippen LogP contribution in [0.3, 0.4) is 0 Å². The highest BCUT2D eigenvalue weighted by Gasteiger charge is 2.49. The molecule has 2 heteroatoms. The minimum atomic E-state index is -0.233. The smallest absolute Gasteiger partial charge is 0.0835 e. The molecule has 0 spiro atoms. The van der Waals surface area contributed by atoms with Crippen LogP contribution in [0.25, 0.3) is 0 Å². The zero-order valence-corrected chi connectivity index (χ0v) is 14.4. The molecule has 0 bridgehead atoms. The van der Waals surface area contributed by atoms with Gasteiger partial charge in [0.2, 0.25) is 0 Å². The maximum Gasteiger partial charge on any atom is 0.0835 e. The lowest BCUT2D eigenvalue weighted by atomic mass is 9.75. The number of hydrogen-bond acceptors (Lipinski definition) is 2. The van der Waals surface area contributed by atoms with Gasteiger partial charge in [0.05, 0.1) is 18.8 Å². The van der Waals surface area contributed by atoms with Crippen LogP contribution in [0.2, 0.25) is 0 Å². The van der Waals surface area contributed by atoms with Crippen molar-refractivity contribution >= 4 is 0 Å². The van der Waals surface area contributed by atoms with E-state index in [-0.39, 0.29) is 18.1 Å². The Kier molecular flexibility index (Phi) is 4.61. The van der Waals surface area contributed by atoms with Crippen LogP contribution in [0.5, 0.6) is 0 Å². The van der Waals surface area contributed by atoms with Crippen molar-refractivity contribution in [1.29, 1.82) is 0 Å². The van der Waals surface area contributed by atoms with Gasteiger partial charge in [-0.15, -0.1) is 0 Å². The molecule has 1 N–H and O–H groups in total. The Bertz CT molecular complexity index is 510. The van der Waals surface area contributed by atoms with Gasteiger partial charge in [0.1, 0.15) is 0 Å². The first-order valence-corrected chi connectivity index (χ1v) is 8.79. The predicted molar refractivity (Wildman–Crippen MR) is 90.5 cm³/mol. The monoisotopic (exact) mass is 302 g/mol. The van der Waals surface area contributed by atoms with Crippen LogP contribution in [0, 0.1) is 23.7 Å². The van der Waals surface area contributed by atoms with Gasteiger partial charge in [0, 0.05) is 11.8 Å². The van der Waals surface area contributed by atoms with Crippen LogP contribution in [-0.4, -0.2) is 23.9 Å². The number of aliphatic hydroxyl groups excluding tert-OH is 1. The number of hydrogen-bond donors (Lipinski definition) is 1. The van der Waals surface area contributed by atoms with Gasteiger partial charge >= 0.3 is 0 Å².